The highest BCUT2D eigenvalue weighted by Gasteiger charge is 2.16. The number of hydrogen-bond acceptors (Lipinski definition) is 4. The van der Waals surface area contributed by atoms with E-state index in [0.29, 0.717) is 17.2 Å². The molecular formula is C19H20N4O2. The molecule has 1 N–H and O–H groups in total. The van der Waals surface area contributed by atoms with E-state index in [1.54, 1.807) is 4.40 Å². The van der Waals surface area contributed by atoms with Gasteiger partial charge in [-0.3, -0.25) is 9.20 Å². The number of aliphatic carboxylic acids is 1. The lowest BCUT2D eigenvalue weighted by molar-refractivity contribution is -0.136. The number of fused-ring (bicyclic) bond motifs is 1. The van der Waals surface area contributed by atoms with Crippen LogP contribution < -0.4 is 0 Å². The van der Waals surface area contributed by atoms with E-state index < -0.39 is 5.97 Å². The number of aromatic nitrogens is 2. The van der Waals surface area contributed by atoms with Crippen LogP contribution in [0.15, 0.2) is 40.7 Å². The van der Waals surface area contributed by atoms with Crippen LogP contribution in [-0.2, 0) is 11.2 Å². The molecule has 0 aliphatic rings. The van der Waals surface area contributed by atoms with E-state index in [0.717, 1.165) is 22.4 Å². The molecule has 0 spiro atoms. The first-order valence-corrected chi connectivity index (χ1v) is 8.04. The molecule has 0 saturated carbocycles. The quantitative estimate of drug-likeness (QED) is 0.707. The molecule has 0 unspecified atom stereocenters. The van der Waals surface area contributed by atoms with E-state index in [1.807, 2.05) is 46.0 Å². The number of rotatable bonds is 4. The fraction of sp³-hybridized carbons (Fsp3) is 0.263. The summed E-state index contributed by atoms with van der Waals surface area (Å²) >= 11 is 0. The van der Waals surface area contributed by atoms with E-state index in [2.05, 4.69) is 27.3 Å². The molecule has 0 saturated heterocycles. The molecule has 3 aromatic rings. The summed E-state index contributed by atoms with van der Waals surface area (Å²) in [5, 5.41) is 17.9. The number of carboxylic acids is 1. The van der Waals surface area contributed by atoms with E-state index in [-0.39, 0.29) is 6.42 Å². The molecule has 3 rings (SSSR count). The second kappa shape index (κ2) is 6.47. The Bertz CT molecular complexity index is 979. The van der Waals surface area contributed by atoms with Crippen molar-refractivity contribution < 1.29 is 9.90 Å². The van der Waals surface area contributed by atoms with Crippen molar-refractivity contribution in [2.45, 2.75) is 34.1 Å². The molecule has 1 aromatic carbocycles. The molecule has 2 heterocycles. The minimum Gasteiger partial charge on any atom is -0.481 e. The van der Waals surface area contributed by atoms with Gasteiger partial charge in [-0.2, -0.15) is 0 Å². The SMILES string of the molecule is Cc1cc(C)c(N=Nc2c(CC(=O)O)nc3c(C)cccn23)c(C)c1. The maximum absolute atomic E-state index is 11.2. The van der Waals surface area contributed by atoms with Gasteiger partial charge in [-0.1, -0.05) is 23.8 Å². The van der Waals surface area contributed by atoms with Gasteiger partial charge in [0.05, 0.1) is 17.8 Å². The van der Waals surface area contributed by atoms with Crippen molar-refractivity contribution in [1.82, 2.24) is 9.38 Å². The van der Waals surface area contributed by atoms with Crippen molar-refractivity contribution in [2.75, 3.05) is 0 Å². The Morgan fingerprint density at radius 3 is 2.44 bits per heavy atom. The Morgan fingerprint density at radius 1 is 1.12 bits per heavy atom. The van der Waals surface area contributed by atoms with Gasteiger partial charge in [0.25, 0.3) is 0 Å². The summed E-state index contributed by atoms with van der Waals surface area (Å²) in [5.74, 6) is -0.485. The van der Waals surface area contributed by atoms with Gasteiger partial charge in [0.1, 0.15) is 5.65 Å². The van der Waals surface area contributed by atoms with Crippen LogP contribution >= 0.6 is 0 Å². The first-order chi connectivity index (χ1) is 11.9. The van der Waals surface area contributed by atoms with Gasteiger partial charge in [0.2, 0.25) is 0 Å². The standard InChI is InChI=1S/C19H20N4O2/c1-11-8-13(3)17(14(4)9-11)21-22-19-15(10-16(24)25)20-18-12(2)6-5-7-23(18)19/h5-9H,10H2,1-4H3,(H,24,25). The Balaban J connectivity index is 2.15. The number of imidazole rings is 1. The number of aryl methyl sites for hydroxylation is 4. The van der Waals surface area contributed by atoms with Crippen molar-refractivity contribution in [3.8, 4) is 0 Å². The third-order valence-corrected chi connectivity index (χ3v) is 4.09. The summed E-state index contributed by atoms with van der Waals surface area (Å²) in [6.45, 7) is 7.96. The predicted molar refractivity (Wildman–Crippen MR) is 96.1 cm³/mol. The minimum atomic E-state index is -0.944. The number of nitrogens with zero attached hydrogens (tertiary/aromatic N) is 4. The Hall–Kier alpha value is -3.02. The number of azo groups is 1. The summed E-state index contributed by atoms with van der Waals surface area (Å²) in [6, 6.07) is 7.92. The van der Waals surface area contributed by atoms with Crippen LogP contribution in [0.25, 0.3) is 5.65 Å². The lowest BCUT2D eigenvalue weighted by atomic mass is 10.1. The highest BCUT2D eigenvalue weighted by atomic mass is 16.4. The third-order valence-electron chi connectivity index (χ3n) is 4.09. The molecule has 0 bridgehead atoms. The van der Waals surface area contributed by atoms with Crippen molar-refractivity contribution in [1.29, 1.82) is 0 Å². The van der Waals surface area contributed by atoms with Crippen LogP contribution in [-0.4, -0.2) is 20.5 Å². The Morgan fingerprint density at radius 2 is 1.80 bits per heavy atom. The average molecular weight is 336 g/mol. The molecule has 6 nitrogen and oxygen atoms in total. The van der Waals surface area contributed by atoms with Crippen LogP contribution in [0.3, 0.4) is 0 Å². The maximum Gasteiger partial charge on any atom is 0.309 e. The van der Waals surface area contributed by atoms with Crippen molar-refractivity contribution in [3.63, 3.8) is 0 Å². The van der Waals surface area contributed by atoms with Gasteiger partial charge in [0.15, 0.2) is 5.82 Å². The van der Waals surface area contributed by atoms with Crippen molar-refractivity contribution >= 4 is 23.1 Å². The average Bonchev–Trinajstić information content (AvgIpc) is 2.85. The van der Waals surface area contributed by atoms with E-state index >= 15 is 0 Å². The topological polar surface area (TPSA) is 79.3 Å². The molecule has 0 radical (unpaired) electrons. The van der Waals surface area contributed by atoms with Gasteiger partial charge in [0, 0.05) is 6.20 Å². The van der Waals surface area contributed by atoms with Gasteiger partial charge in [-0.05, 0) is 50.5 Å². The van der Waals surface area contributed by atoms with Crippen LogP contribution in [0.1, 0.15) is 27.9 Å². The van der Waals surface area contributed by atoms with E-state index in [9.17, 15) is 4.79 Å². The molecule has 0 aliphatic heterocycles. The molecule has 2 aromatic heterocycles. The smallest absolute Gasteiger partial charge is 0.309 e. The largest absolute Gasteiger partial charge is 0.481 e. The maximum atomic E-state index is 11.2. The number of benzene rings is 1. The lowest BCUT2D eigenvalue weighted by Gasteiger charge is -2.05. The van der Waals surface area contributed by atoms with Crippen LogP contribution in [0.5, 0.6) is 0 Å². The van der Waals surface area contributed by atoms with Gasteiger partial charge in [-0.15, -0.1) is 10.2 Å². The first kappa shape index (κ1) is 16.8. The highest BCUT2D eigenvalue weighted by Crippen LogP contribution is 2.29. The first-order valence-electron chi connectivity index (χ1n) is 8.04. The number of pyridine rings is 1. The van der Waals surface area contributed by atoms with Crippen LogP contribution in [0.2, 0.25) is 0 Å². The van der Waals surface area contributed by atoms with Crippen LogP contribution in [0.4, 0.5) is 11.5 Å². The molecule has 6 heteroatoms. The fourth-order valence-corrected chi connectivity index (χ4v) is 3.03. The fourth-order valence-electron chi connectivity index (χ4n) is 3.03. The summed E-state index contributed by atoms with van der Waals surface area (Å²) in [5.41, 5.74) is 6.11. The minimum absolute atomic E-state index is 0.193. The number of carboxylic acid groups (broad SMARTS) is 1. The second-order valence-electron chi connectivity index (χ2n) is 6.28. The van der Waals surface area contributed by atoms with Crippen LogP contribution in [0, 0.1) is 27.7 Å². The van der Waals surface area contributed by atoms with Gasteiger partial charge >= 0.3 is 5.97 Å². The molecule has 128 valence electrons. The second-order valence-corrected chi connectivity index (χ2v) is 6.28. The number of carbonyl (C=O) groups is 1. The number of hydrogen-bond donors (Lipinski definition) is 1. The third kappa shape index (κ3) is 3.28. The summed E-state index contributed by atoms with van der Waals surface area (Å²) < 4.78 is 1.79. The zero-order valence-corrected chi connectivity index (χ0v) is 14.7. The molecule has 0 atom stereocenters. The Labute approximate surface area is 145 Å². The summed E-state index contributed by atoms with van der Waals surface area (Å²) in [7, 11) is 0. The normalized spacial score (nSPS) is 11.5. The molecule has 0 amide bonds. The molecule has 0 aliphatic carbocycles. The van der Waals surface area contributed by atoms with Gasteiger partial charge in [-0.25, -0.2) is 4.98 Å². The highest BCUT2D eigenvalue weighted by molar-refractivity contribution is 5.72. The zero-order valence-electron chi connectivity index (χ0n) is 14.7. The van der Waals surface area contributed by atoms with Gasteiger partial charge < -0.3 is 5.11 Å². The summed E-state index contributed by atoms with van der Waals surface area (Å²) in [4.78, 5) is 15.6. The summed E-state index contributed by atoms with van der Waals surface area (Å²) in [6.07, 6.45) is 1.63. The zero-order chi connectivity index (χ0) is 18.1. The Kier molecular flexibility index (Phi) is 4.35. The predicted octanol–water partition coefficient (Wildman–Crippen LogP) is 4.61. The van der Waals surface area contributed by atoms with E-state index in [4.69, 9.17) is 5.11 Å². The lowest BCUT2D eigenvalue weighted by Crippen LogP contribution is -2.00. The molecule has 25 heavy (non-hydrogen) atoms. The monoisotopic (exact) mass is 336 g/mol. The van der Waals surface area contributed by atoms with Crippen molar-refractivity contribution in [3.05, 3.63) is 58.4 Å². The molecular weight excluding hydrogens is 316 g/mol. The van der Waals surface area contributed by atoms with Crippen molar-refractivity contribution in [2.24, 2.45) is 10.2 Å². The molecule has 0 fully saturated rings. The van der Waals surface area contributed by atoms with E-state index in [1.165, 1.54) is 5.56 Å².